The van der Waals surface area contributed by atoms with Crippen molar-refractivity contribution in [2.24, 2.45) is 0 Å². The fraction of sp³-hybridized carbons (Fsp3) is 0.357. The first-order valence-electron chi connectivity index (χ1n) is 6.27. The van der Waals surface area contributed by atoms with Crippen LogP contribution in [0.1, 0.15) is 25.2 Å². The third-order valence-corrected chi connectivity index (χ3v) is 3.16. The molecule has 0 amide bonds. The predicted octanol–water partition coefficient (Wildman–Crippen LogP) is 3.84. The number of aryl methyl sites for hydroxylation is 2. The molecule has 0 saturated carbocycles. The summed E-state index contributed by atoms with van der Waals surface area (Å²) in [5.74, 6) is -0.0128. The summed E-state index contributed by atoms with van der Waals surface area (Å²) in [5.41, 5.74) is 2.01. The molecule has 1 aromatic heterocycles. The highest BCUT2D eigenvalue weighted by atomic mass is 35.5. The minimum absolute atomic E-state index is 0.0965. The number of ether oxygens (including phenoxy) is 1. The molecular weight excluding hydrogens is 267 g/mol. The van der Waals surface area contributed by atoms with Crippen molar-refractivity contribution in [3.05, 3.63) is 46.5 Å². The SMILES string of the molecule is CCc1cc(COc2ccc(Cl)c(F)c2)n(CC)n1. The van der Waals surface area contributed by atoms with Gasteiger partial charge in [-0.15, -0.1) is 0 Å². The van der Waals surface area contributed by atoms with Crippen molar-refractivity contribution in [3.63, 3.8) is 0 Å². The lowest BCUT2D eigenvalue weighted by Crippen LogP contribution is -2.06. The van der Waals surface area contributed by atoms with Gasteiger partial charge >= 0.3 is 0 Å². The van der Waals surface area contributed by atoms with Crippen LogP contribution in [0.25, 0.3) is 0 Å². The molecule has 1 heterocycles. The van der Waals surface area contributed by atoms with Crippen LogP contribution in [0.2, 0.25) is 5.02 Å². The van der Waals surface area contributed by atoms with E-state index < -0.39 is 5.82 Å². The van der Waals surface area contributed by atoms with Crippen LogP contribution < -0.4 is 4.74 Å². The van der Waals surface area contributed by atoms with Crippen molar-refractivity contribution in [1.82, 2.24) is 9.78 Å². The summed E-state index contributed by atoms with van der Waals surface area (Å²) in [6.45, 7) is 5.23. The minimum atomic E-state index is -0.475. The van der Waals surface area contributed by atoms with Gasteiger partial charge in [-0.1, -0.05) is 18.5 Å². The number of nitrogens with zero attached hydrogens (tertiary/aromatic N) is 2. The quantitative estimate of drug-likeness (QED) is 0.833. The summed E-state index contributed by atoms with van der Waals surface area (Å²) in [6, 6.07) is 6.44. The molecule has 2 aromatic rings. The molecule has 3 nitrogen and oxygen atoms in total. The van der Waals surface area contributed by atoms with Gasteiger partial charge < -0.3 is 4.74 Å². The van der Waals surface area contributed by atoms with E-state index in [4.69, 9.17) is 16.3 Å². The van der Waals surface area contributed by atoms with Crippen LogP contribution in [0.3, 0.4) is 0 Å². The topological polar surface area (TPSA) is 27.1 Å². The largest absolute Gasteiger partial charge is 0.487 e. The Morgan fingerprint density at radius 2 is 2.11 bits per heavy atom. The van der Waals surface area contributed by atoms with Crippen molar-refractivity contribution in [3.8, 4) is 5.75 Å². The molecule has 102 valence electrons. The average Bonchev–Trinajstić information content (AvgIpc) is 2.82. The molecule has 0 radical (unpaired) electrons. The minimum Gasteiger partial charge on any atom is -0.487 e. The Hall–Kier alpha value is -1.55. The number of rotatable bonds is 5. The van der Waals surface area contributed by atoms with Gasteiger partial charge in [0.05, 0.1) is 16.4 Å². The molecule has 0 aliphatic rings. The van der Waals surface area contributed by atoms with Crippen molar-refractivity contribution in [1.29, 1.82) is 0 Å². The Morgan fingerprint density at radius 3 is 2.74 bits per heavy atom. The monoisotopic (exact) mass is 282 g/mol. The highest BCUT2D eigenvalue weighted by Gasteiger charge is 2.07. The fourth-order valence-corrected chi connectivity index (χ4v) is 1.92. The molecule has 5 heteroatoms. The molecule has 0 spiro atoms. The van der Waals surface area contributed by atoms with Crippen LogP contribution in [-0.4, -0.2) is 9.78 Å². The lowest BCUT2D eigenvalue weighted by atomic mass is 10.3. The maximum Gasteiger partial charge on any atom is 0.145 e. The Balaban J connectivity index is 2.09. The highest BCUT2D eigenvalue weighted by Crippen LogP contribution is 2.21. The Labute approximate surface area is 117 Å². The molecule has 0 unspecified atom stereocenters. The van der Waals surface area contributed by atoms with Crippen molar-refractivity contribution in [2.75, 3.05) is 0 Å². The van der Waals surface area contributed by atoms with Crippen LogP contribution in [0.5, 0.6) is 5.75 Å². The molecule has 0 aliphatic heterocycles. The summed E-state index contributed by atoms with van der Waals surface area (Å²) in [6.07, 6.45) is 0.884. The van der Waals surface area contributed by atoms with E-state index in [1.165, 1.54) is 12.1 Å². The van der Waals surface area contributed by atoms with Gasteiger partial charge in [0.2, 0.25) is 0 Å². The molecular formula is C14H16ClFN2O. The van der Waals surface area contributed by atoms with E-state index in [-0.39, 0.29) is 5.02 Å². The summed E-state index contributed by atoms with van der Waals surface area (Å²) in [4.78, 5) is 0. The maximum absolute atomic E-state index is 13.3. The van der Waals surface area contributed by atoms with E-state index >= 15 is 0 Å². The standard InChI is InChI=1S/C14H16ClFN2O/c1-3-10-7-11(18(4-2)17-10)9-19-12-5-6-13(15)14(16)8-12/h5-8H,3-4,9H2,1-2H3. The number of hydrogen-bond donors (Lipinski definition) is 0. The molecule has 1 aromatic carbocycles. The van der Waals surface area contributed by atoms with Crippen LogP contribution in [0.4, 0.5) is 4.39 Å². The molecule has 0 N–H and O–H groups in total. The van der Waals surface area contributed by atoms with Crippen molar-refractivity contribution >= 4 is 11.6 Å². The van der Waals surface area contributed by atoms with Crippen molar-refractivity contribution < 1.29 is 9.13 Å². The molecule has 0 atom stereocenters. The Bertz CT molecular complexity index is 569. The molecule has 2 rings (SSSR count). The van der Waals surface area contributed by atoms with Crippen molar-refractivity contribution in [2.45, 2.75) is 33.4 Å². The summed E-state index contributed by atoms with van der Waals surface area (Å²) >= 11 is 5.62. The Kier molecular flexibility index (Phi) is 4.43. The van der Waals surface area contributed by atoms with Crippen LogP contribution in [0, 0.1) is 5.82 Å². The number of halogens is 2. The van der Waals surface area contributed by atoms with Gasteiger partial charge in [-0.3, -0.25) is 4.68 Å². The third-order valence-electron chi connectivity index (χ3n) is 2.85. The lowest BCUT2D eigenvalue weighted by molar-refractivity contribution is 0.291. The van der Waals surface area contributed by atoms with Gasteiger partial charge in [0.25, 0.3) is 0 Å². The van der Waals surface area contributed by atoms with Gasteiger partial charge in [0, 0.05) is 12.6 Å². The van der Waals surface area contributed by atoms with Crippen LogP contribution in [-0.2, 0) is 19.6 Å². The number of benzene rings is 1. The van der Waals surface area contributed by atoms with E-state index in [1.54, 1.807) is 6.07 Å². The third kappa shape index (κ3) is 3.26. The Morgan fingerprint density at radius 1 is 1.32 bits per heavy atom. The molecule has 0 fully saturated rings. The lowest BCUT2D eigenvalue weighted by Gasteiger charge is -2.08. The zero-order valence-corrected chi connectivity index (χ0v) is 11.7. The van der Waals surface area contributed by atoms with Gasteiger partial charge in [-0.2, -0.15) is 5.10 Å². The van der Waals surface area contributed by atoms with E-state index in [0.717, 1.165) is 24.4 Å². The molecule has 0 bridgehead atoms. The summed E-state index contributed by atoms with van der Waals surface area (Å²) in [7, 11) is 0. The second kappa shape index (κ2) is 6.06. The second-order valence-corrected chi connectivity index (χ2v) is 4.57. The van der Waals surface area contributed by atoms with E-state index in [9.17, 15) is 4.39 Å². The van der Waals surface area contributed by atoms with Gasteiger partial charge in [0.15, 0.2) is 0 Å². The van der Waals surface area contributed by atoms with E-state index in [1.807, 2.05) is 17.7 Å². The van der Waals surface area contributed by atoms with Gasteiger partial charge in [-0.25, -0.2) is 4.39 Å². The normalized spacial score (nSPS) is 10.7. The fourth-order valence-electron chi connectivity index (χ4n) is 1.80. The zero-order valence-electron chi connectivity index (χ0n) is 11.0. The highest BCUT2D eigenvalue weighted by molar-refractivity contribution is 6.30. The summed E-state index contributed by atoms with van der Waals surface area (Å²) < 4.78 is 20.7. The van der Waals surface area contributed by atoms with Crippen LogP contribution in [0.15, 0.2) is 24.3 Å². The van der Waals surface area contributed by atoms with E-state index in [0.29, 0.717) is 12.4 Å². The second-order valence-electron chi connectivity index (χ2n) is 4.16. The predicted molar refractivity (Wildman–Crippen MR) is 73.0 cm³/mol. The zero-order chi connectivity index (χ0) is 13.8. The molecule has 19 heavy (non-hydrogen) atoms. The van der Waals surface area contributed by atoms with Crippen LogP contribution >= 0.6 is 11.6 Å². The molecule has 0 saturated heterocycles. The van der Waals surface area contributed by atoms with E-state index in [2.05, 4.69) is 12.0 Å². The maximum atomic E-state index is 13.3. The average molecular weight is 283 g/mol. The molecule has 0 aliphatic carbocycles. The number of hydrogen-bond acceptors (Lipinski definition) is 2. The summed E-state index contributed by atoms with van der Waals surface area (Å²) in [5, 5.41) is 4.53. The number of aromatic nitrogens is 2. The van der Waals surface area contributed by atoms with Gasteiger partial charge in [0.1, 0.15) is 18.2 Å². The first-order chi connectivity index (χ1) is 9.13. The van der Waals surface area contributed by atoms with Gasteiger partial charge in [-0.05, 0) is 31.5 Å². The smallest absolute Gasteiger partial charge is 0.145 e. The first-order valence-corrected chi connectivity index (χ1v) is 6.65. The first kappa shape index (κ1) is 13.9.